The average Bonchev–Trinajstić information content (AvgIpc) is 2.53. The van der Waals surface area contributed by atoms with E-state index in [9.17, 15) is 9.59 Å². The van der Waals surface area contributed by atoms with Gasteiger partial charge in [0.05, 0.1) is 13.2 Å². The van der Waals surface area contributed by atoms with Crippen LogP contribution >= 0.6 is 0 Å². The van der Waals surface area contributed by atoms with E-state index in [-0.39, 0.29) is 11.9 Å². The number of ether oxygens (including phenoxy) is 1. The van der Waals surface area contributed by atoms with Crippen LogP contribution in [0.3, 0.4) is 0 Å². The third-order valence-corrected chi connectivity index (χ3v) is 3.78. The molecule has 2 aliphatic heterocycles. The van der Waals surface area contributed by atoms with Gasteiger partial charge in [-0.2, -0.15) is 0 Å². The molecule has 2 heterocycles. The number of urea groups is 1. The Morgan fingerprint density at radius 1 is 1.37 bits per heavy atom. The molecule has 2 fully saturated rings. The molecule has 1 atom stereocenters. The van der Waals surface area contributed by atoms with E-state index in [1.807, 2.05) is 0 Å². The highest BCUT2D eigenvalue weighted by atomic mass is 16.5. The minimum atomic E-state index is -0.761. The Bertz CT molecular complexity index is 370. The lowest BCUT2D eigenvalue weighted by Crippen LogP contribution is -2.45. The van der Waals surface area contributed by atoms with Crippen molar-refractivity contribution in [3.05, 3.63) is 0 Å². The predicted molar refractivity (Wildman–Crippen MR) is 70.8 cm³/mol. The molecular formula is C13H23N3O3. The molecule has 0 aromatic carbocycles. The molecule has 0 bridgehead atoms. The number of rotatable bonds is 4. The van der Waals surface area contributed by atoms with Gasteiger partial charge >= 0.3 is 6.03 Å². The van der Waals surface area contributed by atoms with Crippen LogP contribution in [-0.4, -0.2) is 66.2 Å². The molecule has 19 heavy (non-hydrogen) atoms. The molecule has 1 N–H and O–H groups in total. The molecule has 0 aliphatic carbocycles. The molecule has 2 rings (SSSR count). The summed E-state index contributed by atoms with van der Waals surface area (Å²) in [6.07, 6.45) is 0.805. The van der Waals surface area contributed by atoms with Gasteiger partial charge in [0.1, 0.15) is 5.54 Å². The SMILES string of the molecule is C[C@H]1COCCN1CCCN1C(=O)NC(C)(C)C1=O. The maximum Gasteiger partial charge on any atom is 0.325 e. The maximum absolute atomic E-state index is 12.0. The molecule has 6 heteroatoms. The van der Waals surface area contributed by atoms with Gasteiger partial charge in [0.25, 0.3) is 5.91 Å². The molecule has 3 amide bonds. The van der Waals surface area contributed by atoms with Gasteiger partial charge in [-0.05, 0) is 27.2 Å². The highest BCUT2D eigenvalue weighted by Gasteiger charge is 2.43. The molecule has 0 spiro atoms. The van der Waals surface area contributed by atoms with E-state index in [4.69, 9.17) is 4.74 Å². The van der Waals surface area contributed by atoms with Crippen molar-refractivity contribution in [3.8, 4) is 0 Å². The van der Waals surface area contributed by atoms with E-state index < -0.39 is 5.54 Å². The van der Waals surface area contributed by atoms with Crippen LogP contribution in [0.2, 0.25) is 0 Å². The van der Waals surface area contributed by atoms with Gasteiger partial charge < -0.3 is 10.1 Å². The van der Waals surface area contributed by atoms with Gasteiger partial charge in [-0.3, -0.25) is 14.6 Å². The number of carbonyl (C=O) groups is 2. The number of hydrogen-bond acceptors (Lipinski definition) is 4. The number of imide groups is 1. The lowest BCUT2D eigenvalue weighted by molar-refractivity contribution is -0.130. The van der Waals surface area contributed by atoms with Gasteiger partial charge in [0.15, 0.2) is 0 Å². The van der Waals surface area contributed by atoms with Crippen LogP contribution in [0.5, 0.6) is 0 Å². The summed E-state index contributed by atoms with van der Waals surface area (Å²) in [5.41, 5.74) is -0.761. The molecular weight excluding hydrogens is 246 g/mol. The lowest BCUT2D eigenvalue weighted by atomic mass is 10.1. The molecule has 0 radical (unpaired) electrons. The first kappa shape index (κ1) is 14.3. The van der Waals surface area contributed by atoms with Crippen molar-refractivity contribution in [1.29, 1.82) is 0 Å². The number of morpholine rings is 1. The summed E-state index contributed by atoms with van der Waals surface area (Å²) >= 11 is 0. The zero-order chi connectivity index (χ0) is 14.0. The molecule has 0 aromatic rings. The zero-order valence-electron chi connectivity index (χ0n) is 11.9. The Morgan fingerprint density at radius 3 is 2.68 bits per heavy atom. The van der Waals surface area contributed by atoms with Gasteiger partial charge in [-0.15, -0.1) is 0 Å². The van der Waals surface area contributed by atoms with Crippen LogP contribution in [0.4, 0.5) is 4.79 Å². The lowest BCUT2D eigenvalue weighted by Gasteiger charge is -2.33. The average molecular weight is 269 g/mol. The summed E-state index contributed by atoms with van der Waals surface area (Å²) in [5, 5.41) is 2.69. The van der Waals surface area contributed by atoms with E-state index in [1.165, 1.54) is 4.90 Å². The fourth-order valence-electron chi connectivity index (χ4n) is 2.55. The second kappa shape index (κ2) is 5.46. The summed E-state index contributed by atoms with van der Waals surface area (Å²) < 4.78 is 5.38. The minimum Gasteiger partial charge on any atom is -0.379 e. The zero-order valence-corrected chi connectivity index (χ0v) is 11.9. The number of nitrogens with one attached hydrogen (secondary N) is 1. The second-order valence-electron chi connectivity index (χ2n) is 5.83. The van der Waals surface area contributed by atoms with Crippen LogP contribution in [-0.2, 0) is 9.53 Å². The molecule has 0 saturated carbocycles. The summed E-state index contributed by atoms with van der Waals surface area (Å²) in [4.78, 5) is 27.4. The van der Waals surface area contributed by atoms with Crippen molar-refractivity contribution in [2.45, 2.75) is 38.8 Å². The van der Waals surface area contributed by atoms with E-state index >= 15 is 0 Å². The van der Waals surface area contributed by atoms with Gasteiger partial charge in [-0.1, -0.05) is 0 Å². The van der Waals surface area contributed by atoms with Crippen molar-refractivity contribution in [1.82, 2.24) is 15.1 Å². The third kappa shape index (κ3) is 3.06. The quantitative estimate of drug-likeness (QED) is 0.752. The predicted octanol–water partition coefficient (Wildman–Crippen LogP) is 0.428. The minimum absolute atomic E-state index is 0.132. The standard InChI is InChI=1S/C13H23N3O3/c1-10-9-19-8-7-15(10)5-4-6-16-11(17)13(2,3)14-12(16)18/h10H,4-9H2,1-3H3,(H,14,18)/t10-/m0/s1. The molecule has 108 valence electrons. The summed E-state index contributed by atoms with van der Waals surface area (Å²) in [6.45, 7) is 9.42. The molecule has 0 aromatic heterocycles. The van der Waals surface area contributed by atoms with E-state index in [0.29, 0.717) is 12.6 Å². The Kier molecular flexibility index (Phi) is 4.10. The van der Waals surface area contributed by atoms with Gasteiger partial charge in [-0.25, -0.2) is 4.79 Å². The van der Waals surface area contributed by atoms with Gasteiger partial charge in [0, 0.05) is 25.7 Å². The smallest absolute Gasteiger partial charge is 0.325 e. The van der Waals surface area contributed by atoms with Gasteiger partial charge in [0.2, 0.25) is 0 Å². The fraction of sp³-hybridized carbons (Fsp3) is 0.846. The highest BCUT2D eigenvalue weighted by Crippen LogP contribution is 2.17. The highest BCUT2D eigenvalue weighted by molar-refractivity contribution is 6.06. The third-order valence-electron chi connectivity index (χ3n) is 3.78. The van der Waals surface area contributed by atoms with Crippen LogP contribution < -0.4 is 5.32 Å². The van der Waals surface area contributed by atoms with Crippen molar-refractivity contribution >= 4 is 11.9 Å². The van der Waals surface area contributed by atoms with Crippen LogP contribution in [0.25, 0.3) is 0 Å². The van der Waals surface area contributed by atoms with Crippen molar-refractivity contribution in [3.63, 3.8) is 0 Å². The summed E-state index contributed by atoms with van der Waals surface area (Å²) in [7, 11) is 0. The maximum atomic E-state index is 12.0. The summed E-state index contributed by atoms with van der Waals surface area (Å²) in [5.74, 6) is -0.132. The Hall–Kier alpha value is -1.14. The summed E-state index contributed by atoms with van der Waals surface area (Å²) in [6, 6.07) is 0.137. The topological polar surface area (TPSA) is 61.9 Å². The molecule has 0 unspecified atom stereocenters. The molecule has 6 nitrogen and oxygen atoms in total. The van der Waals surface area contributed by atoms with E-state index in [2.05, 4.69) is 17.1 Å². The van der Waals surface area contributed by atoms with E-state index in [0.717, 1.165) is 32.7 Å². The monoisotopic (exact) mass is 269 g/mol. The van der Waals surface area contributed by atoms with Crippen molar-refractivity contribution < 1.29 is 14.3 Å². The van der Waals surface area contributed by atoms with Crippen molar-refractivity contribution in [2.75, 3.05) is 32.8 Å². The Balaban J connectivity index is 1.79. The Morgan fingerprint density at radius 2 is 2.11 bits per heavy atom. The van der Waals surface area contributed by atoms with Crippen LogP contribution in [0.15, 0.2) is 0 Å². The first-order valence-corrected chi connectivity index (χ1v) is 6.88. The second-order valence-corrected chi connectivity index (χ2v) is 5.83. The number of amides is 3. The van der Waals surface area contributed by atoms with Crippen LogP contribution in [0, 0.1) is 0 Å². The number of nitrogens with zero attached hydrogens (tertiary/aromatic N) is 2. The van der Waals surface area contributed by atoms with Crippen molar-refractivity contribution in [2.24, 2.45) is 0 Å². The number of carbonyl (C=O) groups excluding carboxylic acids is 2. The molecule has 2 saturated heterocycles. The fourth-order valence-corrected chi connectivity index (χ4v) is 2.55. The normalized spacial score (nSPS) is 27.7. The van der Waals surface area contributed by atoms with E-state index in [1.54, 1.807) is 13.8 Å². The number of hydrogen-bond donors (Lipinski definition) is 1. The first-order valence-electron chi connectivity index (χ1n) is 6.88. The first-order chi connectivity index (χ1) is 8.92. The molecule has 2 aliphatic rings. The Labute approximate surface area is 114 Å². The largest absolute Gasteiger partial charge is 0.379 e. The van der Waals surface area contributed by atoms with Crippen LogP contribution in [0.1, 0.15) is 27.2 Å².